The summed E-state index contributed by atoms with van der Waals surface area (Å²) < 4.78 is 5.62. The van der Waals surface area contributed by atoms with Crippen molar-refractivity contribution in [3.63, 3.8) is 0 Å². The lowest BCUT2D eigenvalue weighted by atomic mass is 10.1. The van der Waals surface area contributed by atoms with Crippen LogP contribution in [0.5, 0.6) is 5.75 Å². The highest BCUT2D eigenvalue weighted by molar-refractivity contribution is 7.80. The van der Waals surface area contributed by atoms with E-state index in [0.29, 0.717) is 28.3 Å². The highest BCUT2D eigenvalue weighted by Gasteiger charge is 2.14. The third-order valence-electron chi connectivity index (χ3n) is 4.15. The quantitative estimate of drug-likeness (QED) is 0.484. The van der Waals surface area contributed by atoms with Gasteiger partial charge in [0.05, 0.1) is 17.4 Å². The van der Waals surface area contributed by atoms with Crippen LogP contribution >= 0.6 is 12.2 Å². The molecule has 3 aromatic rings. The summed E-state index contributed by atoms with van der Waals surface area (Å²) in [6.07, 6.45) is -0.000381. The molecule has 0 unspecified atom stereocenters. The zero-order chi connectivity index (χ0) is 22.2. The van der Waals surface area contributed by atoms with Gasteiger partial charge >= 0.3 is 0 Å². The van der Waals surface area contributed by atoms with Crippen LogP contribution in [0.2, 0.25) is 0 Å². The molecule has 0 aliphatic heterocycles. The summed E-state index contributed by atoms with van der Waals surface area (Å²) in [7, 11) is 0. The molecule has 0 heterocycles. The first-order valence-electron chi connectivity index (χ1n) is 9.77. The third kappa shape index (κ3) is 6.38. The number of amides is 2. The Morgan fingerprint density at radius 3 is 2.29 bits per heavy atom. The van der Waals surface area contributed by atoms with Gasteiger partial charge in [0.15, 0.2) is 5.11 Å². The number of carbonyl (C=O) groups excluding carboxylic acids is 2. The van der Waals surface area contributed by atoms with Crippen LogP contribution in [0.4, 0.5) is 11.4 Å². The van der Waals surface area contributed by atoms with Crippen LogP contribution in [0.25, 0.3) is 0 Å². The molecule has 0 aromatic heterocycles. The Balaban J connectivity index is 1.67. The largest absolute Gasteiger partial charge is 0.491 e. The standard InChI is InChI=1S/C24H23N3O3S/c1-16(2)30-19-12-8-9-17(15-19)22(28)27-24(31)26-21-14-7-6-13-20(21)23(29)25-18-10-4-3-5-11-18/h3-16H,1-2H3,(H,25,29)(H2,26,27,28,31). The summed E-state index contributed by atoms with van der Waals surface area (Å²) in [5, 5.41) is 8.49. The Morgan fingerprint density at radius 1 is 0.839 bits per heavy atom. The molecule has 0 saturated heterocycles. The number of benzene rings is 3. The van der Waals surface area contributed by atoms with Crippen molar-refractivity contribution >= 4 is 40.5 Å². The number of hydrogen-bond donors (Lipinski definition) is 3. The average Bonchev–Trinajstić information content (AvgIpc) is 2.74. The molecule has 3 rings (SSSR count). The number of rotatable bonds is 6. The molecule has 3 N–H and O–H groups in total. The molecule has 0 fully saturated rings. The SMILES string of the molecule is CC(C)Oc1cccc(C(=O)NC(=S)Nc2ccccc2C(=O)Nc2ccccc2)c1. The Labute approximate surface area is 186 Å². The van der Waals surface area contributed by atoms with Crippen molar-refractivity contribution in [3.8, 4) is 5.75 Å². The molecule has 6 nitrogen and oxygen atoms in total. The number of para-hydroxylation sites is 2. The van der Waals surface area contributed by atoms with Gasteiger partial charge in [-0.05, 0) is 68.5 Å². The van der Waals surface area contributed by atoms with Crippen molar-refractivity contribution in [2.75, 3.05) is 10.6 Å². The minimum Gasteiger partial charge on any atom is -0.491 e. The summed E-state index contributed by atoms with van der Waals surface area (Å²) in [4.78, 5) is 25.3. The van der Waals surface area contributed by atoms with Gasteiger partial charge in [0.2, 0.25) is 0 Å². The highest BCUT2D eigenvalue weighted by Crippen LogP contribution is 2.18. The van der Waals surface area contributed by atoms with Gasteiger partial charge in [0, 0.05) is 11.3 Å². The van der Waals surface area contributed by atoms with Crippen LogP contribution < -0.4 is 20.7 Å². The molecule has 2 amide bonds. The highest BCUT2D eigenvalue weighted by atomic mass is 32.1. The number of hydrogen-bond acceptors (Lipinski definition) is 4. The number of thiocarbonyl (C=S) groups is 1. The summed E-state index contributed by atoms with van der Waals surface area (Å²) in [5.74, 6) is -0.0654. The van der Waals surface area contributed by atoms with Gasteiger partial charge < -0.3 is 15.4 Å². The van der Waals surface area contributed by atoms with Gasteiger partial charge in [-0.15, -0.1) is 0 Å². The normalized spacial score (nSPS) is 10.3. The summed E-state index contributed by atoms with van der Waals surface area (Å²) >= 11 is 5.28. The van der Waals surface area contributed by atoms with E-state index in [1.807, 2.05) is 32.0 Å². The van der Waals surface area contributed by atoms with E-state index in [0.717, 1.165) is 0 Å². The fraction of sp³-hybridized carbons (Fsp3) is 0.125. The van der Waals surface area contributed by atoms with E-state index >= 15 is 0 Å². The summed E-state index contributed by atoms with van der Waals surface area (Å²) in [5.41, 5.74) is 1.98. The van der Waals surface area contributed by atoms with Crippen molar-refractivity contribution in [1.29, 1.82) is 0 Å². The zero-order valence-corrected chi connectivity index (χ0v) is 18.0. The van der Waals surface area contributed by atoms with Crippen LogP contribution in [0.15, 0.2) is 78.9 Å². The van der Waals surface area contributed by atoms with Crippen LogP contribution in [0.3, 0.4) is 0 Å². The molecular formula is C24H23N3O3S. The van der Waals surface area contributed by atoms with Crippen LogP contribution in [-0.2, 0) is 0 Å². The van der Waals surface area contributed by atoms with Gasteiger partial charge in [-0.2, -0.15) is 0 Å². The van der Waals surface area contributed by atoms with Crippen molar-refractivity contribution in [3.05, 3.63) is 90.0 Å². The maximum Gasteiger partial charge on any atom is 0.257 e. The molecule has 3 aromatic carbocycles. The minimum atomic E-state index is -0.377. The second-order valence-corrected chi connectivity index (χ2v) is 7.38. The van der Waals surface area contributed by atoms with Crippen LogP contribution in [0, 0.1) is 0 Å². The Hall–Kier alpha value is -3.71. The first kappa shape index (κ1) is 22.0. The molecule has 0 atom stereocenters. The van der Waals surface area contributed by atoms with Crippen LogP contribution in [0.1, 0.15) is 34.6 Å². The number of carbonyl (C=O) groups is 2. The minimum absolute atomic E-state index is 0.000381. The van der Waals surface area contributed by atoms with Gasteiger partial charge in [0.25, 0.3) is 11.8 Å². The first-order valence-corrected chi connectivity index (χ1v) is 10.2. The van der Waals surface area contributed by atoms with E-state index in [9.17, 15) is 9.59 Å². The maximum atomic E-state index is 12.7. The number of ether oxygens (including phenoxy) is 1. The van der Waals surface area contributed by atoms with Crippen LogP contribution in [-0.4, -0.2) is 23.0 Å². The van der Waals surface area contributed by atoms with E-state index in [-0.39, 0.29) is 23.0 Å². The van der Waals surface area contributed by atoms with E-state index in [2.05, 4.69) is 16.0 Å². The predicted molar refractivity (Wildman–Crippen MR) is 127 cm³/mol. The Bertz CT molecular complexity index is 1080. The first-order chi connectivity index (χ1) is 14.9. The van der Waals surface area contributed by atoms with E-state index < -0.39 is 0 Å². The lowest BCUT2D eigenvalue weighted by molar-refractivity contribution is 0.0976. The van der Waals surface area contributed by atoms with Gasteiger partial charge in [-0.3, -0.25) is 14.9 Å². The third-order valence-corrected chi connectivity index (χ3v) is 4.35. The average molecular weight is 434 g/mol. The van der Waals surface area contributed by atoms with E-state index in [1.54, 1.807) is 60.7 Å². The second kappa shape index (κ2) is 10.4. The number of nitrogens with one attached hydrogen (secondary N) is 3. The Kier molecular flexibility index (Phi) is 7.35. The molecule has 31 heavy (non-hydrogen) atoms. The van der Waals surface area contributed by atoms with Crippen molar-refractivity contribution in [2.24, 2.45) is 0 Å². The van der Waals surface area contributed by atoms with Crippen molar-refractivity contribution in [2.45, 2.75) is 20.0 Å². The molecule has 0 aliphatic carbocycles. The lowest BCUT2D eigenvalue weighted by Gasteiger charge is -2.14. The predicted octanol–water partition coefficient (Wildman–Crippen LogP) is 4.85. The summed E-state index contributed by atoms with van der Waals surface area (Å²) in [6, 6.07) is 22.9. The molecule has 158 valence electrons. The lowest BCUT2D eigenvalue weighted by Crippen LogP contribution is -2.34. The van der Waals surface area contributed by atoms with Gasteiger partial charge in [-0.25, -0.2) is 0 Å². The number of anilines is 2. The van der Waals surface area contributed by atoms with E-state index in [4.69, 9.17) is 17.0 Å². The fourth-order valence-electron chi connectivity index (χ4n) is 2.82. The monoisotopic (exact) mass is 433 g/mol. The molecular weight excluding hydrogens is 410 g/mol. The van der Waals surface area contributed by atoms with Gasteiger partial charge in [0.1, 0.15) is 5.75 Å². The van der Waals surface area contributed by atoms with Crippen molar-refractivity contribution in [1.82, 2.24) is 5.32 Å². The molecule has 7 heteroatoms. The van der Waals surface area contributed by atoms with E-state index in [1.165, 1.54) is 0 Å². The molecule has 0 bridgehead atoms. The zero-order valence-electron chi connectivity index (χ0n) is 17.2. The Morgan fingerprint density at radius 2 is 1.55 bits per heavy atom. The van der Waals surface area contributed by atoms with Gasteiger partial charge in [-0.1, -0.05) is 36.4 Å². The second-order valence-electron chi connectivity index (χ2n) is 6.97. The molecule has 0 radical (unpaired) electrons. The molecule has 0 aliphatic rings. The maximum absolute atomic E-state index is 12.7. The fourth-order valence-corrected chi connectivity index (χ4v) is 3.02. The smallest absolute Gasteiger partial charge is 0.257 e. The molecule has 0 saturated carbocycles. The van der Waals surface area contributed by atoms with Crippen molar-refractivity contribution < 1.29 is 14.3 Å². The summed E-state index contributed by atoms with van der Waals surface area (Å²) in [6.45, 7) is 3.83. The molecule has 0 spiro atoms. The topological polar surface area (TPSA) is 79.5 Å².